The largest absolute Gasteiger partial charge is 0.497 e. The lowest BCUT2D eigenvalue weighted by molar-refractivity contribution is -0.123. The Labute approximate surface area is 210 Å². The highest BCUT2D eigenvalue weighted by atomic mass is 79.9. The number of rotatable bonds is 5. The first-order valence-corrected chi connectivity index (χ1v) is 11.7. The molecule has 0 unspecified atom stereocenters. The number of carbonyl (C=O) groups is 3. The van der Waals surface area contributed by atoms with Crippen molar-refractivity contribution < 1.29 is 23.9 Å². The third-order valence-electron chi connectivity index (χ3n) is 6.33. The Morgan fingerprint density at radius 3 is 2.34 bits per heavy atom. The number of nitrogens with one attached hydrogen (secondary N) is 1. The molecule has 2 fully saturated rings. The number of halogens is 1. The monoisotopic (exact) mass is 535 g/mol. The summed E-state index contributed by atoms with van der Waals surface area (Å²) in [6, 6.07) is 19.3. The normalized spacial score (nSPS) is 21.3. The van der Waals surface area contributed by atoms with Crippen LogP contribution in [0.4, 0.5) is 5.69 Å². The predicted molar refractivity (Wildman–Crippen MR) is 132 cm³/mol. The van der Waals surface area contributed by atoms with E-state index in [1.54, 1.807) is 61.7 Å². The first kappa shape index (κ1) is 23.1. The van der Waals surface area contributed by atoms with Gasteiger partial charge in [-0.3, -0.25) is 19.4 Å². The second kappa shape index (κ2) is 9.16. The maximum Gasteiger partial charge on any atom is 0.268 e. The first-order valence-electron chi connectivity index (χ1n) is 10.9. The molecule has 2 heterocycles. The molecule has 3 aromatic rings. The molecule has 0 aromatic heterocycles. The molecule has 35 heavy (non-hydrogen) atoms. The molecule has 1 N–H and O–H groups in total. The molecule has 2 aliphatic heterocycles. The van der Waals surface area contributed by atoms with Crippen molar-refractivity contribution in [3.05, 3.63) is 88.4 Å². The van der Waals surface area contributed by atoms with E-state index in [9.17, 15) is 14.4 Å². The van der Waals surface area contributed by atoms with Gasteiger partial charge >= 0.3 is 0 Å². The van der Waals surface area contributed by atoms with E-state index < -0.39 is 35.7 Å². The number of nitrogens with zero attached hydrogens (tertiary/aromatic N) is 2. The molecule has 5 rings (SSSR count). The lowest BCUT2D eigenvalue weighted by Crippen LogP contribution is -2.48. The number of ether oxygens (including phenoxy) is 2. The van der Waals surface area contributed by atoms with E-state index in [1.807, 2.05) is 18.2 Å². The fourth-order valence-electron chi connectivity index (χ4n) is 4.68. The van der Waals surface area contributed by atoms with Gasteiger partial charge in [-0.25, -0.2) is 10.3 Å². The molecule has 0 bridgehead atoms. The van der Waals surface area contributed by atoms with Crippen molar-refractivity contribution in [3.8, 4) is 11.5 Å². The number of methoxy groups -OCH3 is 2. The minimum Gasteiger partial charge on any atom is -0.497 e. The van der Waals surface area contributed by atoms with Crippen LogP contribution in [0.15, 0.2) is 77.3 Å². The molecule has 2 aliphatic rings. The van der Waals surface area contributed by atoms with Gasteiger partial charge in [0.05, 0.1) is 31.9 Å². The Bertz CT molecular complexity index is 1310. The number of amides is 3. The van der Waals surface area contributed by atoms with Gasteiger partial charge in [-0.15, -0.1) is 0 Å². The molecule has 178 valence electrons. The van der Waals surface area contributed by atoms with Crippen molar-refractivity contribution in [2.75, 3.05) is 19.1 Å². The van der Waals surface area contributed by atoms with E-state index in [0.717, 1.165) is 14.9 Å². The van der Waals surface area contributed by atoms with Gasteiger partial charge in [0.15, 0.2) is 0 Å². The minimum atomic E-state index is -1.02. The Morgan fingerprint density at radius 2 is 1.66 bits per heavy atom. The molecular formula is C26H22BrN3O5. The summed E-state index contributed by atoms with van der Waals surface area (Å²) in [5.74, 6) is -1.06. The van der Waals surface area contributed by atoms with E-state index in [1.165, 1.54) is 12.1 Å². The summed E-state index contributed by atoms with van der Waals surface area (Å²) >= 11 is 3.39. The van der Waals surface area contributed by atoms with Crippen molar-refractivity contribution >= 4 is 39.3 Å². The SMILES string of the molecule is COc1ccc([C@@H]2NN(C(=O)c3cccc(Br)c3)[C@H]3C(=O)N(c4ccccc4OC)C(=O)[C@@H]23)cc1. The van der Waals surface area contributed by atoms with Crippen LogP contribution in [-0.2, 0) is 9.59 Å². The zero-order chi connectivity index (χ0) is 24.7. The van der Waals surface area contributed by atoms with Crippen LogP contribution in [-0.4, -0.2) is 43.0 Å². The van der Waals surface area contributed by atoms with Gasteiger partial charge in [-0.1, -0.05) is 46.3 Å². The van der Waals surface area contributed by atoms with E-state index in [4.69, 9.17) is 9.47 Å². The van der Waals surface area contributed by atoms with Crippen LogP contribution in [0.5, 0.6) is 11.5 Å². The zero-order valence-electron chi connectivity index (χ0n) is 19.0. The molecule has 0 saturated carbocycles. The van der Waals surface area contributed by atoms with E-state index in [-0.39, 0.29) is 0 Å². The van der Waals surface area contributed by atoms with Crippen LogP contribution in [0, 0.1) is 5.92 Å². The van der Waals surface area contributed by atoms with Gasteiger partial charge < -0.3 is 9.47 Å². The summed E-state index contributed by atoms with van der Waals surface area (Å²) < 4.78 is 11.4. The lowest BCUT2D eigenvalue weighted by atomic mass is 9.91. The van der Waals surface area contributed by atoms with Crippen LogP contribution in [0.2, 0.25) is 0 Å². The standard InChI is InChI=1S/C26H22BrN3O5/c1-34-18-12-10-15(11-13-18)22-21-23(30(28-22)24(31)16-6-5-7-17(27)14-16)26(33)29(25(21)32)19-8-3-4-9-20(19)35-2/h3-14,21-23,28H,1-2H3/t21-,22-,23+/m0/s1. The molecule has 9 heteroatoms. The number of para-hydroxylation sites is 2. The molecule has 0 radical (unpaired) electrons. The van der Waals surface area contributed by atoms with Gasteiger partial charge in [0.2, 0.25) is 5.91 Å². The number of hydrazine groups is 1. The number of carbonyl (C=O) groups excluding carboxylic acids is 3. The van der Waals surface area contributed by atoms with Gasteiger partial charge in [0, 0.05) is 10.0 Å². The third kappa shape index (κ3) is 3.86. The van der Waals surface area contributed by atoms with Gasteiger partial charge in [0.1, 0.15) is 17.5 Å². The van der Waals surface area contributed by atoms with Crippen molar-refractivity contribution in [3.63, 3.8) is 0 Å². The Morgan fingerprint density at radius 1 is 0.914 bits per heavy atom. The van der Waals surface area contributed by atoms with Crippen molar-refractivity contribution in [2.24, 2.45) is 5.92 Å². The molecule has 0 spiro atoms. The summed E-state index contributed by atoms with van der Waals surface area (Å²) in [6.07, 6.45) is 0. The zero-order valence-corrected chi connectivity index (χ0v) is 20.6. The maximum absolute atomic E-state index is 13.8. The molecule has 3 amide bonds. The summed E-state index contributed by atoms with van der Waals surface area (Å²) in [5, 5.41) is 1.29. The molecule has 3 atom stereocenters. The van der Waals surface area contributed by atoms with Crippen LogP contribution in [0.1, 0.15) is 22.0 Å². The quantitative estimate of drug-likeness (QED) is 0.501. The first-order chi connectivity index (χ1) is 16.9. The molecule has 2 saturated heterocycles. The second-order valence-electron chi connectivity index (χ2n) is 8.22. The number of fused-ring (bicyclic) bond motifs is 1. The van der Waals surface area contributed by atoms with E-state index in [0.29, 0.717) is 22.7 Å². The molecular weight excluding hydrogens is 514 g/mol. The van der Waals surface area contributed by atoms with Gasteiger partial charge in [-0.05, 0) is 48.0 Å². The van der Waals surface area contributed by atoms with Crippen LogP contribution in [0.25, 0.3) is 0 Å². The predicted octanol–water partition coefficient (Wildman–Crippen LogP) is 3.73. The van der Waals surface area contributed by atoms with Crippen LogP contribution in [0.3, 0.4) is 0 Å². The summed E-state index contributed by atoms with van der Waals surface area (Å²) in [6.45, 7) is 0. The van der Waals surface area contributed by atoms with Crippen molar-refractivity contribution in [1.82, 2.24) is 10.4 Å². The smallest absolute Gasteiger partial charge is 0.268 e. The highest BCUT2D eigenvalue weighted by molar-refractivity contribution is 9.10. The average Bonchev–Trinajstić information content (AvgIpc) is 3.40. The maximum atomic E-state index is 13.8. The molecule has 8 nitrogen and oxygen atoms in total. The van der Waals surface area contributed by atoms with Crippen LogP contribution < -0.4 is 19.8 Å². The average molecular weight is 536 g/mol. The number of hydrogen-bond acceptors (Lipinski definition) is 6. The number of benzene rings is 3. The highest BCUT2D eigenvalue weighted by Gasteiger charge is 2.60. The van der Waals surface area contributed by atoms with Crippen LogP contribution >= 0.6 is 15.9 Å². The second-order valence-corrected chi connectivity index (χ2v) is 9.14. The number of imide groups is 1. The van der Waals surface area contributed by atoms with E-state index >= 15 is 0 Å². The Balaban J connectivity index is 1.59. The Hall–Kier alpha value is -3.69. The molecule has 3 aromatic carbocycles. The lowest BCUT2D eigenvalue weighted by Gasteiger charge is -2.26. The topological polar surface area (TPSA) is 88.2 Å². The summed E-state index contributed by atoms with van der Waals surface area (Å²) in [5.41, 5.74) is 4.65. The van der Waals surface area contributed by atoms with Crippen molar-refractivity contribution in [1.29, 1.82) is 0 Å². The Kier molecular flexibility index (Phi) is 6.04. The number of anilines is 1. The van der Waals surface area contributed by atoms with Gasteiger partial charge in [-0.2, -0.15) is 0 Å². The summed E-state index contributed by atoms with van der Waals surface area (Å²) in [4.78, 5) is 42.2. The molecule has 0 aliphatic carbocycles. The van der Waals surface area contributed by atoms with E-state index in [2.05, 4.69) is 21.4 Å². The highest BCUT2D eigenvalue weighted by Crippen LogP contribution is 2.44. The summed E-state index contributed by atoms with van der Waals surface area (Å²) in [7, 11) is 3.05. The number of hydrogen-bond donors (Lipinski definition) is 1. The van der Waals surface area contributed by atoms with Crippen molar-refractivity contribution in [2.45, 2.75) is 12.1 Å². The fraction of sp³-hybridized carbons (Fsp3) is 0.192. The van der Waals surface area contributed by atoms with Gasteiger partial charge in [0.25, 0.3) is 11.8 Å². The minimum absolute atomic E-state index is 0.350. The fourth-order valence-corrected chi connectivity index (χ4v) is 5.07. The third-order valence-corrected chi connectivity index (χ3v) is 6.82.